The number of sulfone groups is 1. The second kappa shape index (κ2) is 11.8. The van der Waals surface area contributed by atoms with Crippen LogP contribution in [0.3, 0.4) is 0 Å². The Labute approximate surface area is 251 Å². The second-order valence-corrected chi connectivity index (χ2v) is 14.2. The highest BCUT2D eigenvalue weighted by Crippen LogP contribution is 2.55. The van der Waals surface area contributed by atoms with Gasteiger partial charge in [0.1, 0.15) is 0 Å². The van der Waals surface area contributed by atoms with Gasteiger partial charge in [-0.25, -0.2) is 8.42 Å². The van der Waals surface area contributed by atoms with E-state index in [9.17, 15) is 23.1 Å². The number of nitrogens with zero attached hydrogens (tertiary/aromatic N) is 1. The number of carboxylic acid groups (broad SMARTS) is 1. The van der Waals surface area contributed by atoms with Crippen molar-refractivity contribution >= 4 is 44.9 Å². The number of likely N-dealkylation sites (tertiary alicyclic amines) is 1. The van der Waals surface area contributed by atoms with Crippen LogP contribution in [0.5, 0.6) is 0 Å². The van der Waals surface area contributed by atoms with Gasteiger partial charge in [-0.15, -0.1) is 0 Å². The van der Waals surface area contributed by atoms with Crippen LogP contribution in [0.15, 0.2) is 83.8 Å². The van der Waals surface area contributed by atoms with Crippen molar-refractivity contribution in [2.75, 3.05) is 5.75 Å². The number of amides is 1. The first kappa shape index (κ1) is 29.6. The fraction of sp³-hybridized carbons (Fsp3) is 0.375. The summed E-state index contributed by atoms with van der Waals surface area (Å²) in [5, 5.41) is 11.0. The third-order valence-corrected chi connectivity index (χ3v) is 10.9. The maximum absolute atomic E-state index is 14.7. The SMILES string of the molecule is CC[C@]1(CC(=O)O)CC(c2cccc(Cl)c2)[C@@H](c2ccc(Cl)cc2)N(C(CS(=O)(=O)c2ccccc2)C2CC2)C1=O. The van der Waals surface area contributed by atoms with Gasteiger partial charge in [-0.1, -0.05) is 72.6 Å². The van der Waals surface area contributed by atoms with E-state index >= 15 is 0 Å². The van der Waals surface area contributed by atoms with Gasteiger partial charge in [0.2, 0.25) is 5.91 Å². The highest BCUT2D eigenvalue weighted by atomic mass is 35.5. The van der Waals surface area contributed by atoms with E-state index < -0.39 is 33.3 Å². The van der Waals surface area contributed by atoms with Crippen LogP contribution in [-0.4, -0.2) is 42.1 Å². The first-order valence-corrected chi connectivity index (χ1v) is 16.3. The van der Waals surface area contributed by atoms with Gasteiger partial charge >= 0.3 is 5.97 Å². The van der Waals surface area contributed by atoms with Crippen molar-refractivity contribution < 1.29 is 23.1 Å². The Bertz CT molecular complexity index is 1530. The molecule has 6 nitrogen and oxygen atoms in total. The van der Waals surface area contributed by atoms with Crippen molar-refractivity contribution in [1.82, 2.24) is 4.90 Å². The third-order valence-electron chi connectivity index (χ3n) is 8.65. The van der Waals surface area contributed by atoms with Crippen LogP contribution in [0.2, 0.25) is 10.0 Å². The maximum Gasteiger partial charge on any atom is 0.304 e. The molecule has 3 aromatic rings. The van der Waals surface area contributed by atoms with Gasteiger partial charge in [-0.05, 0) is 79.1 Å². The molecule has 1 aliphatic carbocycles. The van der Waals surface area contributed by atoms with E-state index in [1.54, 1.807) is 53.4 Å². The number of carbonyl (C=O) groups excluding carboxylic acids is 1. The fourth-order valence-electron chi connectivity index (χ4n) is 6.39. The van der Waals surface area contributed by atoms with Gasteiger partial charge in [-0.2, -0.15) is 0 Å². The van der Waals surface area contributed by atoms with Crippen LogP contribution in [0.4, 0.5) is 0 Å². The Morgan fingerprint density at radius 1 is 0.976 bits per heavy atom. The van der Waals surface area contributed by atoms with Crippen molar-refractivity contribution in [3.05, 3.63) is 100 Å². The quantitative estimate of drug-likeness (QED) is 0.261. The van der Waals surface area contributed by atoms with E-state index in [1.807, 2.05) is 37.3 Å². The topological polar surface area (TPSA) is 91.8 Å². The summed E-state index contributed by atoms with van der Waals surface area (Å²) in [6.45, 7) is 1.84. The minimum Gasteiger partial charge on any atom is -0.481 e. The van der Waals surface area contributed by atoms with Crippen molar-refractivity contribution in [3.63, 3.8) is 0 Å². The number of rotatable bonds is 10. The zero-order valence-corrected chi connectivity index (χ0v) is 25.1. The lowest BCUT2D eigenvalue weighted by Gasteiger charge is -2.53. The zero-order chi connectivity index (χ0) is 29.4. The molecule has 0 bridgehead atoms. The lowest BCUT2D eigenvalue weighted by atomic mass is 9.65. The molecule has 1 aliphatic heterocycles. The Kier molecular flexibility index (Phi) is 8.51. The summed E-state index contributed by atoms with van der Waals surface area (Å²) in [6.07, 6.45) is 1.85. The number of halogens is 2. The largest absolute Gasteiger partial charge is 0.481 e. The lowest BCUT2D eigenvalue weighted by molar-refractivity contribution is -0.162. The zero-order valence-electron chi connectivity index (χ0n) is 22.7. The molecule has 2 unspecified atom stereocenters. The first-order valence-electron chi connectivity index (χ1n) is 13.9. The molecule has 9 heteroatoms. The molecule has 2 aliphatic rings. The lowest BCUT2D eigenvalue weighted by Crippen LogP contribution is -2.58. The van der Waals surface area contributed by atoms with Crippen LogP contribution in [0.25, 0.3) is 0 Å². The number of benzene rings is 3. The molecule has 1 heterocycles. The number of hydrogen-bond acceptors (Lipinski definition) is 4. The molecule has 2 fully saturated rings. The maximum atomic E-state index is 14.7. The van der Waals surface area contributed by atoms with Crippen LogP contribution in [-0.2, 0) is 19.4 Å². The molecule has 0 aromatic heterocycles. The summed E-state index contributed by atoms with van der Waals surface area (Å²) in [5.74, 6) is -1.94. The second-order valence-electron chi connectivity index (χ2n) is 11.3. The van der Waals surface area contributed by atoms with Crippen molar-refractivity contribution in [2.45, 2.75) is 61.9 Å². The van der Waals surface area contributed by atoms with E-state index in [0.717, 1.165) is 24.0 Å². The van der Waals surface area contributed by atoms with Crippen LogP contribution in [0.1, 0.15) is 62.1 Å². The van der Waals surface area contributed by atoms with E-state index in [-0.39, 0.29) is 34.8 Å². The highest BCUT2D eigenvalue weighted by Gasteiger charge is 2.56. The van der Waals surface area contributed by atoms with Crippen molar-refractivity contribution in [1.29, 1.82) is 0 Å². The van der Waals surface area contributed by atoms with E-state index in [4.69, 9.17) is 23.2 Å². The Morgan fingerprint density at radius 2 is 1.66 bits per heavy atom. The molecule has 3 aromatic carbocycles. The van der Waals surface area contributed by atoms with Gasteiger partial charge in [0.05, 0.1) is 28.5 Å². The summed E-state index contributed by atoms with van der Waals surface area (Å²) in [5.41, 5.74) is 0.486. The van der Waals surface area contributed by atoms with Gasteiger partial charge in [0.25, 0.3) is 0 Å². The minimum atomic E-state index is -3.76. The normalized spacial score (nSPS) is 23.8. The summed E-state index contributed by atoms with van der Waals surface area (Å²) in [7, 11) is -3.76. The van der Waals surface area contributed by atoms with Gasteiger partial charge in [0.15, 0.2) is 9.84 Å². The predicted octanol–water partition coefficient (Wildman–Crippen LogP) is 7.17. The number of aliphatic carboxylic acids is 1. The van der Waals surface area contributed by atoms with Gasteiger partial charge in [-0.3, -0.25) is 9.59 Å². The first-order chi connectivity index (χ1) is 19.5. The molecular weight excluding hydrogens is 581 g/mol. The molecule has 216 valence electrons. The summed E-state index contributed by atoms with van der Waals surface area (Å²) >= 11 is 12.7. The van der Waals surface area contributed by atoms with Crippen LogP contribution < -0.4 is 0 Å². The molecule has 1 N–H and O–H groups in total. The minimum absolute atomic E-state index is 0.00951. The van der Waals surface area contributed by atoms with Crippen molar-refractivity contribution in [2.24, 2.45) is 11.3 Å². The van der Waals surface area contributed by atoms with Gasteiger partial charge < -0.3 is 10.0 Å². The number of carbonyl (C=O) groups is 2. The Morgan fingerprint density at radius 3 is 2.24 bits per heavy atom. The number of hydrogen-bond donors (Lipinski definition) is 1. The molecule has 1 amide bonds. The summed E-state index contributed by atoms with van der Waals surface area (Å²) in [6, 6.07) is 21.8. The molecule has 4 atom stereocenters. The molecule has 1 saturated heterocycles. The standard InChI is InChI=1S/C32H33Cl2NO5S/c1-2-32(19-29(36)37)18-27(23-7-6-8-25(34)17-23)30(22-13-15-24(33)16-14-22)35(31(32)38)28(21-11-12-21)20-41(39,40)26-9-4-3-5-10-26/h3-10,13-17,21,27-28,30H,2,11-12,18-20H2,1H3,(H,36,37)/t27?,28?,30-,32-/m1/s1. The molecule has 0 spiro atoms. The molecular formula is C32H33Cl2NO5S. The number of carboxylic acids is 1. The molecule has 1 saturated carbocycles. The number of piperidine rings is 1. The Balaban J connectivity index is 1.71. The van der Waals surface area contributed by atoms with Crippen LogP contribution >= 0.6 is 23.2 Å². The summed E-state index contributed by atoms with van der Waals surface area (Å²) < 4.78 is 27.5. The predicted molar refractivity (Wildman–Crippen MR) is 160 cm³/mol. The highest BCUT2D eigenvalue weighted by molar-refractivity contribution is 7.91. The summed E-state index contributed by atoms with van der Waals surface area (Å²) in [4.78, 5) is 28.9. The van der Waals surface area contributed by atoms with Gasteiger partial charge in [0, 0.05) is 22.0 Å². The Hall–Kier alpha value is -2.87. The third kappa shape index (κ3) is 6.18. The monoisotopic (exact) mass is 613 g/mol. The fourth-order valence-corrected chi connectivity index (χ4v) is 8.36. The average Bonchev–Trinajstić information content (AvgIpc) is 3.79. The smallest absolute Gasteiger partial charge is 0.304 e. The molecule has 5 rings (SSSR count). The molecule has 41 heavy (non-hydrogen) atoms. The average molecular weight is 615 g/mol. The van der Waals surface area contributed by atoms with Crippen molar-refractivity contribution in [3.8, 4) is 0 Å². The van der Waals surface area contributed by atoms with E-state index in [0.29, 0.717) is 22.9 Å². The molecule has 0 radical (unpaired) electrons. The van der Waals surface area contributed by atoms with Crippen LogP contribution in [0, 0.1) is 11.3 Å². The van der Waals surface area contributed by atoms with E-state index in [2.05, 4.69) is 0 Å². The van der Waals surface area contributed by atoms with E-state index in [1.165, 1.54) is 0 Å².